The third-order valence-corrected chi connectivity index (χ3v) is 5.85. The summed E-state index contributed by atoms with van der Waals surface area (Å²) >= 11 is 5.84. The van der Waals surface area contributed by atoms with E-state index in [-0.39, 0.29) is 29.0 Å². The van der Waals surface area contributed by atoms with Gasteiger partial charge in [0.05, 0.1) is 23.0 Å². The molecule has 0 aliphatic carbocycles. The van der Waals surface area contributed by atoms with Gasteiger partial charge in [-0.3, -0.25) is 9.52 Å². The Labute approximate surface area is 175 Å². The molecule has 0 saturated carbocycles. The molecule has 1 unspecified atom stereocenters. The van der Waals surface area contributed by atoms with E-state index in [1.165, 1.54) is 0 Å². The lowest BCUT2D eigenvalue weighted by Gasteiger charge is -2.17. The van der Waals surface area contributed by atoms with Crippen LogP contribution in [0.5, 0.6) is 0 Å². The number of carbonyl (C=O) groups excluding carboxylic acids is 1. The van der Waals surface area contributed by atoms with Gasteiger partial charge in [-0.15, -0.1) is 0 Å². The summed E-state index contributed by atoms with van der Waals surface area (Å²) in [7, 11) is -3.71. The normalized spacial score (nSPS) is 12.2. The lowest BCUT2D eigenvalue weighted by Crippen LogP contribution is -2.28. The second kappa shape index (κ2) is 9.11. The van der Waals surface area contributed by atoms with Gasteiger partial charge in [0.2, 0.25) is 10.0 Å². The van der Waals surface area contributed by atoms with Crippen LogP contribution in [-0.4, -0.2) is 14.3 Å². The Morgan fingerprint density at radius 2 is 1.55 bits per heavy atom. The Morgan fingerprint density at radius 3 is 2.24 bits per heavy atom. The molecular weight excluding hydrogens is 408 g/mol. The van der Waals surface area contributed by atoms with E-state index < -0.39 is 10.0 Å². The Hall–Kier alpha value is -2.83. The minimum atomic E-state index is -3.71. The molecule has 5 nitrogen and oxygen atoms in total. The minimum absolute atomic E-state index is 0.220. The quantitative estimate of drug-likeness (QED) is 0.569. The van der Waals surface area contributed by atoms with Crippen LogP contribution in [0.4, 0.5) is 5.69 Å². The Morgan fingerprint density at radius 1 is 0.931 bits per heavy atom. The van der Waals surface area contributed by atoms with Crippen LogP contribution < -0.4 is 10.0 Å². The summed E-state index contributed by atoms with van der Waals surface area (Å²) in [5.74, 6) is -0.577. The van der Waals surface area contributed by atoms with Gasteiger partial charge in [0.25, 0.3) is 5.91 Å². The van der Waals surface area contributed by atoms with Crippen molar-refractivity contribution in [3.63, 3.8) is 0 Å². The number of sulfonamides is 1. The maximum absolute atomic E-state index is 12.8. The summed E-state index contributed by atoms with van der Waals surface area (Å²) in [4.78, 5) is 12.8. The van der Waals surface area contributed by atoms with E-state index in [1.54, 1.807) is 48.5 Å². The van der Waals surface area contributed by atoms with Gasteiger partial charge in [-0.1, -0.05) is 66.2 Å². The molecular formula is C22H21ClN2O3S. The maximum atomic E-state index is 12.8. The van der Waals surface area contributed by atoms with Crippen LogP contribution in [-0.2, 0) is 15.8 Å². The highest BCUT2D eigenvalue weighted by atomic mass is 35.5. The average Bonchev–Trinajstić information content (AvgIpc) is 2.70. The molecule has 0 aliphatic heterocycles. The van der Waals surface area contributed by atoms with Crippen molar-refractivity contribution in [1.82, 2.24) is 5.32 Å². The smallest absolute Gasteiger partial charge is 0.253 e. The largest absolute Gasteiger partial charge is 0.345 e. The zero-order valence-electron chi connectivity index (χ0n) is 15.8. The van der Waals surface area contributed by atoms with Crippen molar-refractivity contribution in [3.8, 4) is 0 Å². The van der Waals surface area contributed by atoms with Gasteiger partial charge in [-0.25, -0.2) is 8.42 Å². The SMILES string of the molecule is CC(NC(=O)c1ccccc1NS(=O)(=O)Cc1ccc(Cl)cc1)c1ccccc1. The topological polar surface area (TPSA) is 75.3 Å². The predicted octanol–water partition coefficient (Wildman–Crippen LogP) is 4.77. The van der Waals surface area contributed by atoms with Crippen LogP contribution in [0.25, 0.3) is 0 Å². The number of hydrogen-bond acceptors (Lipinski definition) is 3. The number of amides is 1. The fraction of sp³-hybridized carbons (Fsp3) is 0.136. The molecule has 0 spiro atoms. The van der Waals surface area contributed by atoms with E-state index in [2.05, 4.69) is 10.0 Å². The fourth-order valence-corrected chi connectivity index (χ4v) is 4.22. The van der Waals surface area contributed by atoms with E-state index >= 15 is 0 Å². The minimum Gasteiger partial charge on any atom is -0.345 e. The molecule has 0 bridgehead atoms. The number of hydrogen-bond donors (Lipinski definition) is 2. The molecule has 0 saturated heterocycles. The monoisotopic (exact) mass is 428 g/mol. The highest BCUT2D eigenvalue weighted by molar-refractivity contribution is 7.91. The average molecular weight is 429 g/mol. The molecule has 3 aromatic carbocycles. The van der Waals surface area contributed by atoms with E-state index in [4.69, 9.17) is 11.6 Å². The highest BCUT2D eigenvalue weighted by Crippen LogP contribution is 2.20. The first-order valence-corrected chi connectivity index (χ1v) is 11.1. The summed E-state index contributed by atoms with van der Waals surface area (Å²) in [6, 6.07) is 22.4. The molecule has 3 rings (SSSR count). The van der Waals surface area contributed by atoms with Gasteiger partial charge >= 0.3 is 0 Å². The number of nitrogens with one attached hydrogen (secondary N) is 2. The molecule has 0 fully saturated rings. The molecule has 29 heavy (non-hydrogen) atoms. The number of halogens is 1. The van der Waals surface area contributed by atoms with Crippen LogP contribution >= 0.6 is 11.6 Å². The fourth-order valence-electron chi connectivity index (χ4n) is 2.87. The van der Waals surface area contributed by atoms with Crippen molar-refractivity contribution in [2.45, 2.75) is 18.7 Å². The van der Waals surface area contributed by atoms with Gasteiger partial charge in [0, 0.05) is 5.02 Å². The number of carbonyl (C=O) groups is 1. The van der Waals surface area contributed by atoms with Gasteiger partial charge in [-0.05, 0) is 42.3 Å². The first-order chi connectivity index (χ1) is 13.8. The highest BCUT2D eigenvalue weighted by Gasteiger charge is 2.18. The Kier molecular flexibility index (Phi) is 6.56. The van der Waals surface area contributed by atoms with Crippen LogP contribution in [0.1, 0.15) is 34.5 Å². The van der Waals surface area contributed by atoms with Crippen LogP contribution in [0.2, 0.25) is 5.02 Å². The first kappa shape index (κ1) is 20.9. The third-order valence-electron chi connectivity index (χ3n) is 4.35. The molecule has 1 amide bonds. The number of anilines is 1. The molecule has 0 heterocycles. The van der Waals surface area contributed by atoms with Crippen LogP contribution in [0, 0.1) is 0 Å². The molecule has 150 valence electrons. The van der Waals surface area contributed by atoms with Gasteiger partial charge in [0.1, 0.15) is 0 Å². The predicted molar refractivity (Wildman–Crippen MR) is 116 cm³/mol. The van der Waals surface area contributed by atoms with Crippen molar-refractivity contribution in [2.24, 2.45) is 0 Å². The molecule has 3 aromatic rings. The summed E-state index contributed by atoms with van der Waals surface area (Å²) in [6.07, 6.45) is 0. The molecule has 2 N–H and O–H groups in total. The van der Waals surface area contributed by atoms with Gasteiger partial charge in [0.15, 0.2) is 0 Å². The van der Waals surface area contributed by atoms with Gasteiger partial charge in [-0.2, -0.15) is 0 Å². The molecule has 1 atom stereocenters. The van der Waals surface area contributed by atoms with E-state index in [9.17, 15) is 13.2 Å². The number of rotatable bonds is 7. The zero-order chi connectivity index (χ0) is 20.9. The maximum Gasteiger partial charge on any atom is 0.253 e. The van der Waals surface area contributed by atoms with Crippen LogP contribution in [0.15, 0.2) is 78.9 Å². The summed E-state index contributed by atoms with van der Waals surface area (Å²) in [5.41, 5.74) is 2.05. The van der Waals surface area contributed by atoms with E-state index in [0.717, 1.165) is 5.56 Å². The van der Waals surface area contributed by atoms with Crippen molar-refractivity contribution in [3.05, 3.63) is 101 Å². The Bertz CT molecular complexity index is 1080. The van der Waals surface area contributed by atoms with Crippen molar-refractivity contribution >= 4 is 33.2 Å². The lowest BCUT2D eigenvalue weighted by atomic mass is 10.1. The lowest BCUT2D eigenvalue weighted by molar-refractivity contribution is 0.0941. The number of para-hydroxylation sites is 1. The third kappa shape index (κ3) is 5.82. The van der Waals surface area contributed by atoms with Crippen molar-refractivity contribution < 1.29 is 13.2 Å². The van der Waals surface area contributed by atoms with E-state index in [1.807, 2.05) is 37.3 Å². The zero-order valence-corrected chi connectivity index (χ0v) is 17.4. The first-order valence-electron chi connectivity index (χ1n) is 9.04. The molecule has 7 heteroatoms. The van der Waals surface area contributed by atoms with E-state index in [0.29, 0.717) is 10.6 Å². The number of benzene rings is 3. The van der Waals surface area contributed by atoms with Crippen molar-refractivity contribution in [1.29, 1.82) is 0 Å². The summed E-state index contributed by atoms with van der Waals surface area (Å²) in [6.45, 7) is 1.88. The van der Waals surface area contributed by atoms with Crippen LogP contribution in [0.3, 0.4) is 0 Å². The Balaban J connectivity index is 1.75. The molecule has 0 radical (unpaired) electrons. The summed E-state index contributed by atoms with van der Waals surface area (Å²) in [5, 5.41) is 3.44. The second-order valence-corrected chi connectivity index (χ2v) is 8.80. The van der Waals surface area contributed by atoms with Gasteiger partial charge < -0.3 is 5.32 Å². The molecule has 0 aromatic heterocycles. The summed E-state index contributed by atoms with van der Waals surface area (Å²) < 4.78 is 27.7. The standard InChI is InChI=1S/C22H21ClN2O3S/c1-16(18-7-3-2-4-8-18)24-22(26)20-9-5-6-10-21(20)25-29(27,28)15-17-11-13-19(23)14-12-17/h2-14,16,25H,15H2,1H3,(H,24,26). The van der Waals surface area contributed by atoms with Crippen molar-refractivity contribution in [2.75, 3.05) is 4.72 Å². The second-order valence-electron chi connectivity index (χ2n) is 6.64. The molecule has 0 aliphatic rings.